The van der Waals surface area contributed by atoms with E-state index in [1.54, 1.807) is 12.3 Å². The third-order valence-corrected chi connectivity index (χ3v) is 3.35. The molecular formula is C12H19N3O2S. The molecule has 2 amide bonds. The van der Waals surface area contributed by atoms with Gasteiger partial charge in [0.05, 0.1) is 12.6 Å². The van der Waals surface area contributed by atoms with Crippen LogP contribution in [0.2, 0.25) is 0 Å². The summed E-state index contributed by atoms with van der Waals surface area (Å²) in [5.41, 5.74) is 0. The summed E-state index contributed by atoms with van der Waals surface area (Å²) in [6.45, 7) is 6.25. The van der Waals surface area contributed by atoms with E-state index >= 15 is 0 Å². The van der Waals surface area contributed by atoms with Gasteiger partial charge in [-0.05, 0) is 6.42 Å². The van der Waals surface area contributed by atoms with Gasteiger partial charge < -0.3 is 15.3 Å². The Kier molecular flexibility index (Phi) is 6.38. The van der Waals surface area contributed by atoms with Crippen LogP contribution >= 0.6 is 11.3 Å². The van der Waals surface area contributed by atoms with Crippen LogP contribution in [-0.2, 0) is 0 Å². The summed E-state index contributed by atoms with van der Waals surface area (Å²) in [6.07, 6.45) is 4.14. The molecule has 100 valence electrons. The van der Waals surface area contributed by atoms with Crippen molar-refractivity contribution < 1.29 is 9.90 Å². The number of aliphatic hydroxyl groups is 1. The molecule has 1 rings (SSSR count). The van der Waals surface area contributed by atoms with E-state index in [9.17, 15) is 4.79 Å². The molecule has 1 unspecified atom stereocenters. The van der Waals surface area contributed by atoms with Crippen molar-refractivity contribution in [1.29, 1.82) is 0 Å². The summed E-state index contributed by atoms with van der Waals surface area (Å²) in [4.78, 5) is 17.7. The molecule has 0 aliphatic rings. The number of hydrogen-bond acceptors (Lipinski definition) is 4. The molecule has 0 radical (unpaired) electrons. The number of urea groups is 1. The van der Waals surface area contributed by atoms with Crippen LogP contribution in [0.4, 0.5) is 4.79 Å². The van der Waals surface area contributed by atoms with Gasteiger partial charge in [0.1, 0.15) is 5.01 Å². The number of aliphatic hydroxyl groups excluding tert-OH is 1. The van der Waals surface area contributed by atoms with Crippen LogP contribution < -0.4 is 5.32 Å². The van der Waals surface area contributed by atoms with Gasteiger partial charge in [0.15, 0.2) is 0 Å². The quantitative estimate of drug-likeness (QED) is 0.742. The van der Waals surface area contributed by atoms with Crippen molar-refractivity contribution in [2.75, 3.05) is 19.7 Å². The van der Waals surface area contributed by atoms with Crippen molar-refractivity contribution in [3.63, 3.8) is 0 Å². The van der Waals surface area contributed by atoms with Crippen LogP contribution in [0.5, 0.6) is 0 Å². The zero-order valence-corrected chi connectivity index (χ0v) is 11.3. The summed E-state index contributed by atoms with van der Waals surface area (Å²) in [6, 6.07) is -0.283. The van der Waals surface area contributed by atoms with Gasteiger partial charge in [-0.2, -0.15) is 0 Å². The van der Waals surface area contributed by atoms with Gasteiger partial charge in [-0.3, -0.25) is 0 Å². The lowest BCUT2D eigenvalue weighted by Crippen LogP contribution is -2.43. The molecule has 0 aliphatic heterocycles. The lowest BCUT2D eigenvalue weighted by molar-refractivity contribution is 0.180. The Morgan fingerprint density at radius 3 is 3.06 bits per heavy atom. The normalized spacial score (nSPS) is 11.9. The third kappa shape index (κ3) is 4.12. The molecule has 0 aromatic carbocycles. The number of nitrogens with one attached hydrogen (secondary N) is 1. The van der Waals surface area contributed by atoms with Gasteiger partial charge in [-0.25, -0.2) is 9.78 Å². The van der Waals surface area contributed by atoms with Crippen LogP contribution in [0, 0.1) is 0 Å². The summed E-state index contributed by atoms with van der Waals surface area (Å²) in [5, 5.41) is 14.6. The maximum atomic E-state index is 12.0. The molecule has 18 heavy (non-hydrogen) atoms. The monoisotopic (exact) mass is 269 g/mol. The van der Waals surface area contributed by atoms with Crippen molar-refractivity contribution in [3.05, 3.63) is 29.2 Å². The second-order valence-electron chi connectivity index (χ2n) is 3.74. The lowest BCUT2D eigenvalue weighted by Gasteiger charge is -2.23. The molecule has 0 fully saturated rings. The van der Waals surface area contributed by atoms with Gasteiger partial charge in [0.2, 0.25) is 0 Å². The van der Waals surface area contributed by atoms with Crippen LogP contribution in [0.25, 0.3) is 0 Å². The van der Waals surface area contributed by atoms with Gasteiger partial charge in [0, 0.05) is 24.7 Å². The van der Waals surface area contributed by atoms with E-state index in [4.69, 9.17) is 5.11 Å². The van der Waals surface area contributed by atoms with Crippen molar-refractivity contribution in [2.45, 2.75) is 19.4 Å². The number of amides is 2. The molecule has 1 aromatic heterocycles. The van der Waals surface area contributed by atoms with Gasteiger partial charge in [0.25, 0.3) is 0 Å². The number of aromatic nitrogens is 1. The molecule has 0 spiro atoms. The third-order valence-electron chi connectivity index (χ3n) is 2.46. The molecule has 6 heteroatoms. The van der Waals surface area contributed by atoms with Gasteiger partial charge >= 0.3 is 6.03 Å². The number of carbonyl (C=O) groups is 1. The number of carbonyl (C=O) groups excluding carboxylic acids is 1. The molecule has 0 saturated carbocycles. The fourth-order valence-corrected chi connectivity index (χ4v) is 2.31. The Hall–Kier alpha value is -1.40. The predicted octanol–water partition coefficient (Wildman–Crippen LogP) is 1.78. The first-order valence-electron chi connectivity index (χ1n) is 5.89. The topological polar surface area (TPSA) is 65.5 Å². The van der Waals surface area contributed by atoms with Crippen LogP contribution in [0.15, 0.2) is 24.2 Å². The van der Waals surface area contributed by atoms with Crippen LogP contribution in [-0.4, -0.2) is 40.7 Å². The minimum atomic E-state index is -0.203. The Morgan fingerprint density at radius 2 is 2.56 bits per heavy atom. The van der Waals surface area contributed by atoms with Gasteiger partial charge in [-0.15, -0.1) is 17.9 Å². The first-order valence-corrected chi connectivity index (χ1v) is 6.77. The molecule has 0 bridgehead atoms. The molecule has 1 atom stereocenters. The largest absolute Gasteiger partial charge is 0.395 e. The van der Waals surface area contributed by atoms with Crippen LogP contribution in [0.3, 0.4) is 0 Å². The molecule has 1 heterocycles. The average Bonchev–Trinajstić information content (AvgIpc) is 2.89. The van der Waals surface area contributed by atoms with Crippen LogP contribution in [0.1, 0.15) is 24.4 Å². The Labute approximate surface area is 111 Å². The fraction of sp³-hybridized carbons (Fsp3) is 0.500. The van der Waals surface area contributed by atoms with E-state index in [2.05, 4.69) is 16.9 Å². The highest BCUT2D eigenvalue weighted by molar-refractivity contribution is 7.09. The first kappa shape index (κ1) is 14.7. The molecule has 2 N–H and O–H groups in total. The number of thiazole rings is 1. The first-order chi connectivity index (χ1) is 8.72. The standard InChI is InChI=1S/C12H19N3O2S/c1-3-6-15(7-8-16)12(17)14-10(4-2)11-13-5-9-18-11/h3,5,9-10,16H,1,4,6-8H2,2H3,(H,14,17). The molecule has 1 aromatic rings. The van der Waals surface area contributed by atoms with E-state index < -0.39 is 0 Å². The molecule has 0 saturated heterocycles. The summed E-state index contributed by atoms with van der Waals surface area (Å²) < 4.78 is 0. The van der Waals surface area contributed by atoms with E-state index in [0.717, 1.165) is 11.4 Å². The number of nitrogens with zero attached hydrogens (tertiary/aromatic N) is 2. The fourth-order valence-electron chi connectivity index (χ4n) is 1.54. The van der Waals surface area contributed by atoms with E-state index in [0.29, 0.717) is 13.1 Å². The van der Waals surface area contributed by atoms with E-state index in [1.165, 1.54) is 16.2 Å². The lowest BCUT2D eigenvalue weighted by atomic mass is 10.2. The summed E-state index contributed by atoms with van der Waals surface area (Å²) in [5.74, 6) is 0. The zero-order valence-electron chi connectivity index (χ0n) is 10.5. The number of hydrogen-bond donors (Lipinski definition) is 2. The molecule has 5 nitrogen and oxygen atoms in total. The van der Waals surface area contributed by atoms with E-state index in [-0.39, 0.29) is 18.7 Å². The highest BCUT2D eigenvalue weighted by atomic mass is 32.1. The number of rotatable bonds is 7. The Morgan fingerprint density at radius 1 is 1.78 bits per heavy atom. The smallest absolute Gasteiger partial charge is 0.318 e. The summed E-state index contributed by atoms with van der Waals surface area (Å²) in [7, 11) is 0. The van der Waals surface area contributed by atoms with Crippen molar-refractivity contribution in [2.24, 2.45) is 0 Å². The average molecular weight is 269 g/mol. The SMILES string of the molecule is C=CCN(CCO)C(=O)NC(CC)c1nccs1. The minimum Gasteiger partial charge on any atom is -0.395 e. The molecular weight excluding hydrogens is 250 g/mol. The molecule has 0 aliphatic carbocycles. The zero-order chi connectivity index (χ0) is 13.4. The predicted molar refractivity (Wildman–Crippen MR) is 72.5 cm³/mol. The Bertz CT molecular complexity index is 367. The van der Waals surface area contributed by atoms with Gasteiger partial charge in [-0.1, -0.05) is 13.0 Å². The maximum Gasteiger partial charge on any atom is 0.318 e. The maximum absolute atomic E-state index is 12.0. The highest BCUT2D eigenvalue weighted by Crippen LogP contribution is 2.18. The second-order valence-corrected chi connectivity index (χ2v) is 4.67. The van der Waals surface area contributed by atoms with Crippen molar-refractivity contribution >= 4 is 17.4 Å². The Balaban J connectivity index is 2.62. The van der Waals surface area contributed by atoms with Crippen molar-refractivity contribution in [1.82, 2.24) is 15.2 Å². The highest BCUT2D eigenvalue weighted by Gasteiger charge is 2.18. The van der Waals surface area contributed by atoms with E-state index in [1.807, 2.05) is 12.3 Å². The second kappa shape index (κ2) is 7.84. The minimum absolute atomic E-state index is 0.0602. The van der Waals surface area contributed by atoms with Crippen molar-refractivity contribution in [3.8, 4) is 0 Å². The summed E-state index contributed by atoms with van der Waals surface area (Å²) >= 11 is 1.52.